The highest BCUT2D eigenvalue weighted by Gasteiger charge is 2.30. The van der Waals surface area contributed by atoms with Gasteiger partial charge in [0, 0.05) is 19.2 Å². The number of rotatable bonds is 8. The minimum atomic E-state index is -3.66. The van der Waals surface area contributed by atoms with Crippen molar-refractivity contribution in [3.05, 3.63) is 65.7 Å². The van der Waals surface area contributed by atoms with E-state index in [1.165, 1.54) is 35.5 Å². The number of carbonyl (C=O) groups is 2. The standard InChI is InChI=1S/C23H26N2O5S/c1-3-15-24-23(27)17(2)30-22(26)13-10-18-8-11-20(12-9-18)31(28,29)25-16-14-19-6-4-5-7-21(19)25/h4-13,17H,3,14-16H2,1-2H3,(H,24,27). The van der Waals surface area contributed by atoms with Gasteiger partial charge in [0.1, 0.15) is 0 Å². The number of carbonyl (C=O) groups excluding carboxylic acids is 2. The molecule has 0 aliphatic carbocycles. The molecule has 164 valence electrons. The molecular formula is C23H26N2O5S. The summed E-state index contributed by atoms with van der Waals surface area (Å²) in [5.74, 6) is -0.994. The molecule has 0 aromatic heterocycles. The lowest BCUT2D eigenvalue weighted by molar-refractivity contribution is -0.150. The minimum Gasteiger partial charge on any atom is -0.449 e. The number of amides is 1. The third kappa shape index (κ3) is 5.32. The van der Waals surface area contributed by atoms with Gasteiger partial charge in [0.15, 0.2) is 6.10 Å². The van der Waals surface area contributed by atoms with Gasteiger partial charge in [-0.25, -0.2) is 13.2 Å². The van der Waals surface area contributed by atoms with Crippen molar-refractivity contribution in [2.24, 2.45) is 0 Å². The largest absolute Gasteiger partial charge is 0.449 e. The molecule has 2 aromatic rings. The van der Waals surface area contributed by atoms with E-state index in [2.05, 4.69) is 5.32 Å². The Labute approximate surface area is 182 Å². The highest BCUT2D eigenvalue weighted by Crippen LogP contribution is 2.32. The molecular weight excluding hydrogens is 416 g/mol. The Hall–Kier alpha value is -3.13. The molecule has 1 unspecified atom stereocenters. The van der Waals surface area contributed by atoms with Gasteiger partial charge in [-0.2, -0.15) is 0 Å². The molecule has 1 aliphatic heterocycles. The fraction of sp³-hybridized carbons (Fsp3) is 0.304. The topological polar surface area (TPSA) is 92.8 Å². The third-order valence-electron chi connectivity index (χ3n) is 4.94. The second-order valence-electron chi connectivity index (χ2n) is 7.23. The minimum absolute atomic E-state index is 0.185. The normalized spacial score (nSPS) is 14.3. The number of ether oxygens (including phenoxy) is 1. The van der Waals surface area contributed by atoms with E-state index in [-0.39, 0.29) is 10.8 Å². The van der Waals surface area contributed by atoms with Crippen molar-refractivity contribution in [1.29, 1.82) is 0 Å². The van der Waals surface area contributed by atoms with Crippen LogP contribution in [0.2, 0.25) is 0 Å². The van der Waals surface area contributed by atoms with Crippen LogP contribution < -0.4 is 9.62 Å². The lowest BCUT2D eigenvalue weighted by atomic mass is 10.2. The molecule has 1 atom stereocenters. The van der Waals surface area contributed by atoms with Crippen LogP contribution in [0.15, 0.2) is 59.5 Å². The number of para-hydroxylation sites is 1. The molecule has 0 saturated heterocycles. The molecule has 2 aromatic carbocycles. The van der Waals surface area contributed by atoms with E-state index in [1.54, 1.807) is 12.1 Å². The zero-order valence-corrected chi connectivity index (χ0v) is 18.4. The Balaban J connectivity index is 1.64. The summed E-state index contributed by atoms with van der Waals surface area (Å²) in [4.78, 5) is 23.9. The Bertz CT molecular complexity index is 1080. The summed E-state index contributed by atoms with van der Waals surface area (Å²) in [6, 6.07) is 13.8. The number of fused-ring (bicyclic) bond motifs is 1. The van der Waals surface area contributed by atoms with E-state index in [1.807, 2.05) is 31.2 Å². The van der Waals surface area contributed by atoms with E-state index in [0.29, 0.717) is 30.8 Å². The second kappa shape index (κ2) is 9.78. The van der Waals surface area contributed by atoms with E-state index >= 15 is 0 Å². The molecule has 1 heterocycles. The van der Waals surface area contributed by atoms with Crippen molar-refractivity contribution in [2.45, 2.75) is 37.7 Å². The molecule has 3 rings (SSSR count). The number of benzene rings is 2. The van der Waals surface area contributed by atoms with E-state index in [9.17, 15) is 18.0 Å². The first-order valence-corrected chi connectivity index (χ1v) is 11.6. The van der Waals surface area contributed by atoms with Gasteiger partial charge in [0.25, 0.3) is 15.9 Å². The number of esters is 1. The van der Waals surface area contributed by atoms with E-state index < -0.39 is 22.1 Å². The molecule has 0 fully saturated rings. The average molecular weight is 443 g/mol. The highest BCUT2D eigenvalue weighted by molar-refractivity contribution is 7.92. The molecule has 0 bridgehead atoms. The van der Waals surface area contributed by atoms with Crippen molar-refractivity contribution in [3.8, 4) is 0 Å². The van der Waals surface area contributed by atoms with Gasteiger partial charge in [0.2, 0.25) is 0 Å². The third-order valence-corrected chi connectivity index (χ3v) is 6.76. The van der Waals surface area contributed by atoms with Gasteiger partial charge in [-0.05, 0) is 55.2 Å². The van der Waals surface area contributed by atoms with Crippen LogP contribution in [-0.2, 0) is 30.8 Å². The summed E-state index contributed by atoms with van der Waals surface area (Å²) in [5, 5.41) is 2.66. The summed E-state index contributed by atoms with van der Waals surface area (Å²) < 4.78 is 32.6. The van der Waals surface area contributed by atoms with Crippen molar-refractivity contribution < 1.29 is 22.7 Å². The van der Waals surface area contributed by atoms with Gasteiger partial charge < -0.3 is 10.1 Å². The van der Waals surface area contributed by atoms with E-state index in [4.69, 9.17) is 4.74 Å². The Kier molecular flexibility index (Phi) is 7.12. The molecule has 1 N–H and O–H groups in total. The molecule has 8 heteroatoms. The summed E-state index contributed by atoms with van der Waals surface area (Å²) in [6.45, 7) is 4.38. The van der Waals surface area contributed by atoms with Gasteiger partial charge in [-0.3, -0.25) is 9.10 Å². The van der Waals surface area contributed by atoms with Crippen molar-refractivity contribution in [3.63, 3.8) is 0 Å². The van der Waals surface area contributed by atoms with Crippen LogP contribution in [0.1, 0.15) is 31.4 Å². The van der Waals surface area contributed by atoms with E-state index in [0.717, 1.165) is 12.0 Å². The fourth-order valence-electron chi connectivity index (χ4n) is 3.26. The first kappa shape index (κ1) is 22.6. The number of nitrogens with one attached hydrogen (secondary N) is 1. The van der Waals surface area contributed by atoms with Crippen LogP contribution in [0.25, 0.3) is 6.08 Å². The lowest BCUT2D eigenvalue weighted by Crippen LogP contribution is -2.35. The summed E-state index contributed by atoms with van der Waals surface area (Å²) >= 11 is 0. The van der Waals surface area contributed by atoms with Gasteiger partial charge in [0.05, 0.1) is 10.6 Å². The Morgan fingerprint density at radius 2 is 1.87 bits per heavy atom. The Morgan fingerprint density at radius 3 is 2.58 bits per heavy atom. The molecule has 31 heavy (non-hydrogen) atoms. The molecule has 0 spiro atoms. The maximum Gasteiger partial charge on any atom is 0.331 e. The zero-order chi connectivity index (χ0) is 22.4. The quantitative estimate of drug-likeness (QED) is 0.501. The number of nitrogens with zero attached hydrogens (tertiary/aromatic N) is 1. The van der Waals surface area contributed by atoms with Crippen molar-refractivity contribution in [1.82, 2.24) is 5.32 Å². The highest BCUT2D eigenvalue weighted by atomic mass is 32.2. The molecule has 0 saturated carbocycles. The summed E-state index contributed by atoms with van der Waals surface area (Å²) in [6.07, 6.45) is 3.32. The average Bonchev–Trinajstić information content (AvgIpc) is 3.21. The molecule has 1 amide bonds. The van der Waals surface area contributed by atoms with Crippen LogP contribution in [0, 0.1) is 0 Å². The zero-order valence-electron chi connectivity index (χ0n) is 17.6. The second-order valence-corrected chi connectivity index (χ2v) is 9.09. The van der Waals surface area contributed by atoms with Gasteiger partial charge in [-0.1, -0.05) is 37.3 Å². The fourth-order valence-corrected chi connectivity index (χ4v) is 4.76. The van der Waals surface area contributed by atoms with Crippen LogP contribution in [0.4, 0.5) is 5.69 Å². The summed E-state index contributed by atoms with van der Waals surface area (Å²) in [5.41, 5.74) is 2.37. The number of hydrogen-bond donors (Lipinski definition) is 1. The van der Waals surface area contributed by atoms with Crippen LogP contribution >= 0.6 is 0 Å². The van der Waals surface area contributed by atoms with Crippen molar-refractivity contribution in [2.75, 3.05) is 17.4 Å². The molecule has 0 radical (unpaired) electrons. The SMILES string of the molecule is CCCNC(=O)C(C)OC(=O)C=Cc1ccc(S(=O)(=O)N2CCc3ccccc32)cc1. The lowest BCUT2D eigenvalue weighted by Gasteiger charge is -2.19. The number of anilines is 1. The monoisotopic (exact) mass is 442 g/mol. The predicted molar refractivity (Wildman–Crippen MR) is 119 cm³/mol. The first-order valence-electron chi connectivity index (χ1n) is 10.2. The van der Waals surface area contributed by atoms with Crippen LogP contribution in [-0.4, -0.2) is 39.5 Å². The molecule has 1 aliphatic rings. The molecule has 7 nitrogen and oxygen atoms in total. The number of hydrogen-bond acceptors (Lipinski definition) is 5. The van der Waals surface area contributed by atoms with Crippen molar-refractivity contribution >= 4 is 33.7 Å². The van der Waals surface area contributed by atoms with Gasteiger partial charge >= 0.3 is 5.97 Å². The smallest absolute Gasteiger partial charge is 0.331 e. The van der Waals surface area contributed by atoms with Crippen LogP contribution in [0.3, 0.4) is 0 Å². The Morgan fingerprint density at radius 1 is 1.16 bits per heavy atom. The maximum absolute atomic E-state index is 13.0. The predicted octanol–water partition coefficient (Wildman–Crippen LogP) is 2.91. The number of sulfonamides is 1. The first-order chi connectivity index (χ1) is 14.8. The maximum atomic E-state index is 13.0. The van der Waals surface area contributed by atoms with Gasteiger partial charge in [-0.15, -0.1) is 0 Å². The summed E-state index contributed by atoms with van der Waals surface area (Å²) in [7, 11) is -3.66. The van der Waals surface area contributed by atoms with Crippen LogP contribution in [0.5, 0.6) is 0 Å².